The maximum Gasteiger partial charge on any atom is 0.226 e. The van der Waals surface area contributed by atoms with Gasteiger partial charge in [0.1, 0.15) is 5.82 Å². The molecule has 4 heteroatoms. The van der Waals surface area contributed by atoms with Gasteiger partial charge in [0.15, 0.2) is 5.78 Å². The van der Waals surface area contributed by atoms with E-state index in [4.69, 9.17) is 11.6 Å². The Balaban J connectivity index is 1.89. The van der Waals surface area contributed by atoms with Crippen LogP contribution in [0.25, 0.3) is 16.2 Å². The van der Waals surface area contributed by atoms with Crippen molar-refractivity contribution < 1.29 is 4.79 Å². The number of rotatable bonds is 4. The molecule has 1 heterocycles. The molecule has 0 N–H and O–H groups in total. The molecule has 2 aliphatic rings. The molecule has 0 bridgehead atoms. The van der Waals surface area contributed by atoms with Crippen LogP contribution in [-0.4, -0.2) is 15.3 Å². The van der Waals surface area contributed by atoms with Crippen LogP contribution in [0.15, 0.2) is 36.0 Å². The first-order valence-electron chi connectivity index (χ1n) is 11.2. The first kappa shape index (κ1) is 20.6. The molecule has 156 valence electrons. The molecule has 1 aromatic carbocycles. The Kier molecular flexibility index (Phi) is 5.18. The normalized spacial score (nSPS) is 25.5. The largest absolute Gasteiger partial charge is 0.328 e. The topological polar surface area (TPSA) is 39.2 Å². The average molecular weight is 402 g/mol. The molecule has 2 aliphatic carbocycles. The first-order chi connectivity index (χ1) is 14.3. The Morgan fingerprint density at radius 3 is 2.60 bits per heavy atom. The molecule has 0 saturated carbocycles. The highest BCUT2D eigenvalue weighted by atomic mass is 16.1. The summed E-state index contributed by atoms with van der Waals surface area (Å²) in [5.74, 6) is 1.57. The zero-order valence-electron chi connectivity index (χ0n) is 18.7. The molecule has 0 unspecified atom stereocenters. The minimum atomic E-state index is -0.369. The average Bonchev–Trinajstić information content (AvgIpc) is 3.11. The van der Waals surface area contributed by atoms with Gasteiger partial charge in [0.25, 0.3) is 0 Å². The van der Waals surface area contributed by atoms with E-state index in [0.29, 0.717) is 5.92 Å². The predicted molar refractivity (Wildman–Crippen MR) is 120 cm³/mol. The molecule has 4 rings (SSSR count). The maximum absolute atomic E-state index is 12.6. The summed E-state index contributed by atoms with van der Waals surface area (Å²) in [5.41, 5.74) is 4.72. The molecule has 1 aromatic heterocycles. The lowest BCUT2D eigenvalue weighted by Crippen LogP contribution is -2.45. The van der Waals surface area contributed by atoms with Crippen LogP contribution in [0.2, 0.25) is 0 Å². The van der Waals surface area contributed by atoms with Crippen molar-refractivity contribution in [3.05, 3.63) is 64.4 Å². The number of nitrogens with zero attached hydrogens (tertiary/aromatic N) is 3. The van der Waals surface area contributed by atoms with Crippen LogP contribution in [0, 0.1) is 18.4 Å². The van der Waals surface area contributed by atoms with E-state index in [-0.39, 0.29) is 28.7 Å². The van der Waals surface area contributed by atoms with Crippen molar-refractivity contribution in [2.75, 3.05) is 0 Å². The second-order valence-electron chi connectivity index (χ2n) is 9.38. The number of fused-ring (bicyclic) bond motifs is 3. The number of allylic oxidation sites excluding steroid dienone is 2. The highest BCUT2D eigenvalue weighted by Crippen LogP contribution is 2.50. The van der Waals surface area contributed by atoms with E-state index in [0.717, 1.165) is 42.9 Å². The van der Waals surface area contributed by atoms with Crippen LogP contribution in [0.5, 0.6) is 0 Å². The highest BCUT2D eigenvalue weighted by Gasteiger charge is 2.50. The van der Waals surface area contributed by atoms with E-state index in [1.54, 1.807) is 0 Å². The Morgan fingerprint density at radius 1 is 1.30 bits per heavy atom. The minimum Gasteiger partial charge on any atom is -0.328 e. The number of hydrogen-bond acceptors (Lipinski definition) is 2. The minimum absolute atomic E-state index is 0.00610. The van der Waals surface area contributed by atoms with Crippen LogP contribution in [0.4, 0.5) is 0 Å². The van der Waals surface area contributed by atoms with Crippen LogP contribution in [-0.2, 0) is 23.2 Å². The van der Waals surface area contributed by atoms with E-state index in [1.165, 1.54) is 11.3 Å². The fourth-order valence-electron chi connectivity index (χ4n) is 5.44. The Bertz CT molecular complexity index is 1050. The third-order valence-electron chi connectivity index (χ3n) is 7.15. The lowest BCUT2D eigenvalue weighted by molar-refractivity contribution is -0.121. The van der Waals surface area contributed by atoms with Crippen molar-refractivity contribution in [1.82, 2.24) is 9.55 Å². The molecule has 3 atom stereocenters. The standard InChI is InChI=1S/C26H31N3O/c1-7-14-29-22-13-12-20-17(4)23(30)21(27-6)15-26(20,5)24(22)28-25(29)19-10-8-18(9-11-19)16(2)3/h8-11,15-17,20H,7,12-14H2,1-5H3/t17-,20-,26-/m1/s1. The summed E-state index contributed by atoms with van der Waals surface area (Å²) in [7, 11) is 0. The van der Waals surface area contributed by atoms with Gasteiger partial charge in [0, 0.05) is 29.1 Å². The van der Waals surface area contributed by atoms with Gasteiger partial charge < -0.3 is 9.36 Å². The first-order valence-corrected chi connectivity index (χ1v) is 11.2. The fourth-order valence-corrected chi connectivity index (χ4v) is 5.44. The summed E-state index contributed by atoms with van der Waals surface area (Å²) in [6.45, 7) is 19.2. The molecule has 0 amide bonds. The summed E-state index contributed by atoms with van der Waals surface area (Å²) in [6, 6.07) is 8.77. The Hall–Kier alpha value is -2.67. The van der Waals surface area contributed by atoms with Crippen molar-refractivity contribution in [3.63, 3.8) is 0 Å². The van der Waals surface area contributed by atoms with Gasteiger partial charge in [-0.05, 0) is 36.7 Å². The van der Waals surface area contributed by atoms with Gasteiger partial charge in [0.05, 0.1) is 12.3 Å². The molecular weight excluding hydrogens is 370 g/mol. The second-order valence-corrected chi connectivity index (χ2v) is 9.38. The van der Waals surface area contributed by atoms with Gasteiger partial charge in [-0.3, -0.25) is 0 Å². The third-order valence-corrected chi connectivity index (χ3v) is 7.15. The summed E-state index contributed by atoms with van der Waals surface area (Å²) in [6.07, 6.45) is 4.85. The monoisotopic (exact) mass is 401 g/mol. The number of hydrogen-bond donors (Lipinski definition) is 0. The summed E-state index contributed by atoms with van der Waals surface area (Å²) in [5, 5.41) is 0. The lowest BCUT2D eigenvalue weighted by atomic mass is 9.59. The molecule has 0 fully saturated rings. The lowest BCUT2D eigenvalue weighted by Gasteiger charge is -2.44. The third kappa shape index (κ3) is 3.03. The van der Waals surface area contributed by atoms with Crippen molar-refractivity contribution in [2.45, 2.75) is 71.8 Å². The van der Waals surface area contributed by atoms with Crippen LogP contribution < -0.4 is 0 Å². The smallest absolute Gasteiger partial charge is 0.226 e. The number of aromatic nitrogens is 2. The summed E-state index contributed by atoms with van der Waals surface area (Å²) in [4.78, 5) is 21.4. The van der Waals surface area contributed by atoms with Gasteiger partial charge >= 0.3 is 0 Å². The fraction of sp³-hybridized carbons (Fsp3) is 0.500. The van der Waals surface area contributed by atoms with Crippen LogP contribution in [0.3, 0.4) is 0 Å². The number of benzene rings is 1. The summed E-state index contributed by atoms with van der Waals surface area (Å²) < 4.78 is 2.38. The van der Waals surface area contributed by atoms with E-state index < -0.39 is 0 Å². The molecule has 0 spiro atoms. The van der Waals surface area contributed by atoms with Crippen LogP contribution >= 0.6 is 0 Å². The Morgan fingerprint density at radius 2 is 2.00 bits per heavy atom. The molecule has 0 radical (unpaired) electrons. The maximum atomic E-state index is 12.6. The van der Waals surface area contributed by atoms with Crippen molar-refractivity contribution in [1.29, 1.82) is 0 Å². The molecule has 0 aliphatic heterocycles. The Labute approximate surface area is 179 Å². The number of ketones is 1. The van der Waals surface area contributed by atoms with Crippen molar-refractivity contribution in [2.24, 2.45) is 11.8 Å². The number of imidazole rings is 1. The summed E-state index contributed by atoms with van der Waals surface area (Å²) >= 11 is 0. The SMILES string of the molecule is [C-]#[N+]C1=C[C@@]2(C)c3nc(-c4ccc(C(C)C)cc4)n(CCC)c3CC[C@@H]2[C@@H](C)C1=O. The molecule has 4 nitrogen and oxygen atoms in total. The van der Waals surface area contributed by atoms with Gasteiger partial charge in [-0.15, -0.1) is 0 Å². The second kappa shape index (κ2) is 7.54. The van der Waals surface area contributed by atoms with Gasteiger partial charge in [-0.1, -0.05) is 65.0 Å². The number of carbonyl (C=O) groups excluding carboxylic acids is 1. The number of carbonyl (C=O) groups is 1. The van der Waals surface area contributed by atoms with E-state index in [9.17, 15) is 4.79 Å². The van der Waals surface area contributed by atoms with E-state index in [2.05, 4.69) is 61.4 Å². The molecule has 30 heavy (non-hydrogen) atoms. The highest BCUT2D eigenvalue weighted by molar-refractivity contribution is 6.00. The van der Waals surface area contributed by atoms with Gasteiger partial charge in [-0.25, -0.2) is 9.83 Å². The molecule has 0 saturated heterocycles. The van der Waals surface area contributed by atoms with Crippen LogP contribution in [0.1, 0.15) is 70.3 Å². The van der Waals surface area contributed by atoms with Gasteiger partial charge in [0.2, 0.25) is 5.70 Å². The van der Waals surface area contributed by atoms with Gasteiger partial charge in [-0.2, -0.15) is 0 Å². The quantitative estimate of drug-likeness (QED) is 0.596. The zero-order valence-corrected chi connectivity index (χ0v) is 18.7. The zero-order chi connectivity index (χ0) is 21.6. The van der Waals surface area contributed by atoms with E-state index >= 15 is 0 Å². The van der Waals surface area contributed by atoms with E-state index in [1.807, 2.05) is 13.0 Å². The van der Waals surface area contributed by atoms with Crippen molar-refractivity contribution >= 4 is 5.78 Å². The molecule has 2 aromatic rings. The predicted octanol–water partition coefficient (Wildman–Crippen LogP) is 5.93. The van der Waals surface area contributed by atoms with Crippen molar-refractivity contribution in [3.8, 4) is 11.4 Å². The number of Topliss-reactive ketones (excluding diaryl/α,β-unsaturated/α-hetero) is 1. The molecular formula is C26H31N3O.